The summed E-state index contributed by atoms with van der Waals surface area (Å²) in [5, 5.41) is 11.8. The molecular formula is C16H14ClN3O5S. The first-order valence-corrected chi connectivity index (χ1v) is 8.97. The van der Waals surface area contributed by atoms with E-state index in [1.165, 1.54) is 11.8 Å². The molecule has 2 aliphatic rings. The van der Waals surface area contributed by atoms with Crippen molar-refractivity contribution in [3.05, 3.63) is 46.1 Å². The summed E-state index contributed by atoms with van der Waals surface area (Å²) in [6.45, 7) is 0. The Kier molecular flexibility index (Phi) is 4.92. The number of aliphatic carboxylic acids is 1. The fourth-order valence-corrected chi connectivity index (χ4v) is 4.40. The molecule has 0 saturated carbocycles. The molecule has 1 aromatic carbocycles. The van der Waals surface area contributed by atoms with Crippen LogP contribution in [0.1, 0.15) is 5.56 Å². The lowest BCUT2D eigenvalue weighted by molar-refractivity contribution is -0.150. The molecule has 1 unspecified atom stereocenters. The molecule has 4 N–H and O–H groups in total. The minimum atomic E-state index is -1.40. The van der Waals surface area contributed by atoms with Gasteiger partial charge in [-0.3, -0.25) is 19.3 Å². The molecule has 26 heavy (non-hydrogen) atoms. The molecule has 2 heterocycles. The van der Waals surface area contributed by atoms with E-state index in [2.05, 4.69) is 5.32 Å². The number of primary amides is 1. The van der Waals surface area contributed by atoms with Gasteiger partial charge < -0.3 is 16.2 Å². The number of halogens is 1. The van der Waals surface area contributed by atoms with E-state index in [4.69, 9.17) is 17.3 Å². The number of fused-ring (bicyclic) bond motifs is 1. The van der Waals surface area contributed by atoms with E-state index in [1.54, 1.807) is 24.3 Å². The van der Waals surface area contributed by atoms with Crippen LogP contribution in [-0.2, 0) is 25.6 Å². The van der Waals surface area contributed by atoms with Crippen molar-refractivity contribution >= 4 is 47.1 Å². The first kappa shape index (κ1) is 18.3. The molecule has 1 fully saturated rings. The van der Waals surface area contributed by atoms with Crippen LogP contribution in [0.15, 0.2) is 35.5 Å². The number of amides is 3. The van der Waals surface area contributed by atoms with Crippen molar-refractivity contribution in [1.82, 2.24) is 10.2 Å². The largest absolute Gasteiger partial charge is 0.477 e. The van der Waals surface area contributed by atoms with Crippen LogP contribution in [0, 0.1) is 0 Å². The third-order valence-electron chi connectivity index (χ3n) is 4.09. The molecule has 2 atom stereocenters. The van der Waals surface area contributed by atoms with Crippen LogP contribution in [0.2, 0.25) is 5.02 Å². The number of carboxylic acids is 1. The van der Waals surface area contributed by atoms with Crippen LogP contribution >= 0.6 is 23.4 Å². The van der Waals surface area contributed by atoms with Crippen LogP contribution in [0.25, 0.3) is 0 Å². The van der Waals surface area contributed by atoms with Gasteiger partial charge in [-0.1, -0.05) is 29.8 Å². The van der Waals surface area contributed by atoms with Crippen LogP contribution in [0.5, 0.6) is 0 Å². The van der Waals surface area contributed by atoms with Gasteiger partial charge >= 0.3 is 5.97 Å². The van der Waals surface area contributed by atoms with Crippen molar-refractivity contribution < 1.29 is 24.3 Å². The summed E-state index contributed by atoms with van der Waals surface area (Å²) < 4.78 is 0. The maximum atomic E-state index is 12.4. The van der Waals surface area contributed by atoms with Crippen LogP contribution in [0.4, 0.5) is 0 Å². The average Bonchev–Trinajstić information content (AvgIpc) is 2.60. The molecule has 0 spiro atoms. The molecule has 2 aliphatic heterocycles. The molecule has 0 aliphatic carbocycles. The highest BCUT2D eigenvalue weighted by molar-refractivity contribution is 8.00. The van der Waals surface area contributed by atoms with E-state index in [0.717, 1.165) is 4.90 Å². The summed E-state index contributed by atoms with van der Waals surface area (Å²) in [6, 6.07) is 5.99. The molecule has 8 nitrogen and oxygen atoms in total. The van der Waals surface area contributed by atoms with Gasteiger partial charge in [0.25, 0.3) is 5.91 Å². The van der Waals surface area contributed by atoms with Crippen LogP contribution < -0.4 is 11.1 Å². The number of nitrogens with one attached hydrogen (secondary N) is 1. The Morgan fingerprint density at radius 1 is 1.35 bits per heavy atom. The average molecular weight is 396 g/mol. The van der Waals surface area contributed by atoms with Gasteiger partial charge in [0.2, 0.25) is 11.8 Å². The molecule has 1 aromatic rings. The van der Waals surface area contributed by atoms with Gasteiger partial charge in [-0.25, -0.2) is 4.79 Å². The predicted molar refractivity (Wildman–Crippen MR) is 94.0 cm³/mol. The zero-order valence-corrected chi connectivity index (χ0v) is 14.8. The first-order chi connectivity index (χ1) is 12.3. The SMILES string of the molecule is NC(=O)C1=C(C(=O)O)N2C(=O)C(NC(=O)Cc3ccccc3Cl)[C@@H]2SC1. The number of benzene rings is 1. The summed E-state index contributed by atoms with van der Waals surface area (Å²) in [7, 11) is 0. The zero-order chi connectivity index (χ0) is 19.0. The Bertz CT molecular complexity index is 856. The second-order valence-electron chi connectivity index (χ2n) is 5.72. The molecular weight excluding hydrogens is 382 g/mol. The number of β-lactam (4-membered cyclic amide) rings is 1. The molecule has 3 amide bonds. The Balaban J connectivity index is 1.73. The zero-order valence-electron chi connectivity index (χ0n) is 13.3. The lowest BCUT2D eigenvalue weighted by atomic mass is 10.0. The van der Waals surface area contributed by atoms with E-state index >= 15 is 0 Å². The van der Waals surface area contributed by atoms with Gasteiger partial charge in [0, 0.05) is 10.8 Å². The van der Waals surface area contributed by atoms with Crippen molar-refractivity contribution in [1.29, 1.82) is 0 Å². The third kappa shape index (κ3) is 3.15. The first-order valence-electron chi connectivity index (χ1n) is 7.55. The number of hydrogen-bond acceptors (Lipinski definition) is 5. The van der Waals surface area contributed by atoms with E-state index < -0.39 is 40.8 Å². The Morgan fingerprint density at radius 3 is 2.65 bits per heavy atom. The molecule has 1 saturated heterocycles. The normalized spacial score (nSPS) is 21.7. The van der Waals surface area contributed by atoms with Crippen LogP contribution in [-0.4, -0.2) is 50.9 Å². The molecule has 3 rings (SSSR count). The summed E-state index contributed by atoms with van der Waals surface area (Å²) in [5.41, 5.74) is 5.28. The summed E-state index contributed by atoms with van der Waals surface area (Å²) >= 11 is 7.19. The second-order valence-corrected chi connectivity index (χ2v) is 7.23. The topological polar surface area (TPSA) is 130 Å². The Morgan fingerprint density at radius 2 is 2.04 bits per heavy atom. The van der Waals surface area contributed by atoms with Crippen molar-refractivity contribution in [2.45, 2.75) is 17.8 Å². The van der Waals surface area contributed by atoms with Crippen molar-refractivity contribution in [2.24, 2.45) is 5.73 Å². The highest BCUT2D eigenvalue weighted by Gasteiger charge is 2.54. The Labute approximate surface area is 157 Å². The maximum absolute atomic E-state index is 12.4. The molecule has 136 valence electrons. The number of nitrogens with zero attached hydrogens (tertiary/aromatic N) is 1. The van der Waals surface area contributed by atoms with Gasteiger partial charge in [-0.2, -0.15) is 0 Å². The van der Waals surface area contributed by atoms with Gasteiger partial charge in [-0.05, 0) is 11.6 Å². The van der Waals surface area contributed by atoms with Gasteiger partial charge in [-0.15, -0.1) is 11.8 Å². The minimum Gasteiger partial charge on any atom is -0.477 e. The highest BCUT2D eigenvalue weighted by atomic mass is 35.5. The van der Waals surface area contributed by atoms with E-state index in [1.807, 2.05) is 0 Å². The fraction of sp³-hybridized carbons (Fsp3) is 0.250. The summed E-state index contributed by atoms with van der Waals surface area (Å²) in [6.07, 6.45) is -0.00496. The van der Waals surface area contributed by atoms with Crippen molar-refractivity contribution in [3.63, 3.8) is 0 Å². The Hall–Kier alpha value is -2.52. The number of hydrogen-bond donors (Lipinski definition) is 3. The number of thioether (sulfide) groups is 1. The number of carboxylic acid groups (broad SMARTS) is 1. The number of carbonyl (C=O) groups excluding carboxylic acids is 3. The second kappa shape index (κ2) is 7.00. The summed E-state index contributed by atoms with van der Waals surface area (Å²) in [5.74, 6) is -3.22. The number of carbonyl (C=O) groups is 4. The van der Waals surface area contributed by atoms with Crippen LogP contribution in [0.3, 0.4) is 0 Å². The molecule has 0 radical (unpaired) electrons. The lowest BCUT2D eigenvalue weighted by Crippen LogP contribution is -2.70. The van der Waals surface area contributed by atoms with Gasteiger partial charge in [0.15, 0.2) is 0 Å². The highest BCUT2D eigenvalue weighted by Crippen LogP contribution is 2.40. The molecule has 0 aromatic heterocycles. The number of nitrogens with two attached hydrogens (primary N) is 1. The maximum Gasteiger partial charge on any atom is 0.353 e. The molecule has 0 bridgehead atoms. The van der Waals surface area contributed by atoms with Crippen molar-refractivity contribution in [3.8, 4) is 0 Å². The lowest BCUT2D eigenvalue weighted by Gasteiger charge is -2.49. The van der Waals surface area contributed by atoms with E-state index in [0.29, 0.717) is 10.6 Å². The number of rotatable bonds is 5. The fourth-order valence-electron chi connectivity index (χ4n) is 2.85. The standard InChI is InChI=1S/C16H14ClN3O5S/c17-9-4-2-1-3-7(9)5-10(21)19-11-14(23)20-12(16(24)25)8(13(18)22)6-26-15(11)20/h1-4,11,15H,5-6H2,(H2,18,22)(H,19,21)(H,24,25)/t11?,15-/m0/s1. The van der Waals surface area contributed by atoms with E-state index in [9.17, 15) is 24.3 Å². The third-order valence-corrected chi connectivity index (χ3v) is 5.74. The molecule has 10 heteroatoms. The smallest absolute Gasteiger partial charge is 0.353 e. The van der Waals surface area contributed by atoms with Gasteiger partial charge in [0.1, 0.15) is 17.1 Å². The quantitative estimate of drug-likeness (QED) is 0.606. The summed E-state index contributed by atoms with van der Waals surface area (Å²) in [4.78, 5) is 48.4. The van der Waals surface area contributed by atoms with Crippen molar-refractivity contribution in [2.75, 3.05) is 5.75 Å². The minimum absolute atomic E-state index is 0.00496. The van der Waals surface area contributed by atoms with Gasteiger partial charge in [0.05, 0.1) is 12.0 Å². The predicted octanol–water partition coefficient (Wildman–Crippen LogP) is 0.106. The monoisotopic (exact) mass is 395 g/mol. The van der Waals surface area contributed by atoms with E-state index in [-0.39, 0.29) is 17.7 Å².